The molecule has 1 amide bonds. The van der Waals surface area contributed by atoms with Crippen LogP contribution in [0.1, 0.15) is 56.6 Å². The van der Waals surface area contributed by atoms with E-state index in [2.05, 4.69) is 11.4 Å². The molecule has 0 bridgehead atoms. The van der Waals surface area contributed by atoms with Crippen LogP contribution in [0, 0.1) is 18.3 Å². The van der Waals surface area contributed by atoms with E-state index in [1.165, 1.54) is 0 Å². The average Bonchev–Trinajstić information content (AvgIpc) is 3.07. The van der Waals surface area contributed by atoms with Crippen LogP contribution in [0.5, 0.6) is 5.75 Å². The molecule has 6 nitrogen and oxygen atoms in total. The second-order valence-corrected chi connectivity index (χ2v) is 7.09. The van der Waals surface area contributed by atoms with E-state index in [-0.39, 0.29) is 12.5 Å². The van der Waals surface area contributed by atoms with Crippen molar-refractivity contribution in [1.82, 2.24) is 5.32 Å². The van der Waals surface area contributed by atoms with Gasteiger partial charge in [0.25, 0.3) is 5.91 Å². The number of carbonyl (C=O) groups is 2. The maximum Gasteiger partial charge on any atom is 0.344 e. The van der Waals surface area contributed by atoms with Gasteiger partial charge in [-0.25, -0.2) is 4.79 Å². The first-order valence-electron chi connectivity index (χ1n) is 8.96. The summed E-state index contributed by atoms with van der Waals surface area (Å²) in [7, 11) is 0. The van der Waals surface area contributed by atoms with Gasteiger partial charge in [-0.15, -0.1) is 0 Å². The highest BCUT2D eigenvalue weighted by Crippen LogP contribution is 2.29. The summed E-state index contributed by atoms with van der Waals surface area (Å²) in [5.41, 5.74) is 1.24. The van der Waals surface area contributed by atoms with Crippen LogP contribution < -0.4 is 10.1 Å². The van der Waals surface area contributed by atoms with Gasteiger partial charge in [0, 0.05) is 0 Å². The quantitative estimate of drug-likeness (QED) is 0.757. The molecular formula is C20H26N2O4. The number of ether oxygens (including phenoxy) is 2. The molecule has 0 aromatic heterocycles. The summed E-state index contributed by atoms with van der Waals surface area (Å²) in [6.45, 7) is 5.38. The molecule has 140 valence electrons. The molecule has 1 aliphatic rings. The van der Waals surface area contributed by atoms with Gasteiger partial charge in [-0.3, -0.25) is 4.79 Å². The molecule has 1 N–H and O–H groups in total. The smallest absolute Gasteiger partial charge is 0.344 e. The van der Waals surface area contributed by atoms with E-state index in [0.29, 0.717) is 18.6 Å². The number of nitriles is 1. The Labute approximate surface area is 154 Å². The van der Waals surface area contributed by atoms with Gasteiger partial charge in [-0.2, -0.15) is 5.26 Å². The fourth-order valence-corrected chi connectivity index (χ4v) is 3.11. The summed E-state index contributed by atoms with van der Waals surface area (Å²) in [6, 6.07) is 8.03. The maximum atomic E-state index is 11.9. The Morgan fingerprint density at radius 3 is 2.58 bits per heavy atom. The molecule has 0 saturated heterocycles. The van der Waals surface area contributed by atoms with Crippen LogP contribution in [0.15, 0.2) is 18.2 Å². The topological polar surface area (TPSA) is 88.4 Å². The number of hydrogen-bond acceptors (Lipinski definition) is 5. The summed E-state index contributed by atoms with van der Waals surface area (Å²) in [4.78, 5) is 23.8. The van der Waals surface area contributed by atoms with Crippen molar-refractivity contribution in [2.24, 2.45) is 0 Å². The second kappa shape index (κ2) is 8.70. The van der Waals surface area contributed by atoms with Crippen LogP contribution in [0.25, 0.3) is 0 Å². The van der Waals surface area contributed by atoms with Gasteiger partial charge in [0.15, 0.2) is 13.2 Å². The Kier molecular flexibility index (Phi) is 6.62. The maximum absolute atomic E-state index is 11.9. The zero-order valence-corrected chi connectivity index (χ0v) is 15.6. The van der Waals surface area contributed by atoms with Gasteiger partial charge in [-0.1, -0.05) is 26.0 Å². The monoisotopic (exact) mass is 358 g/mol. The zero-order valence-electron chi connectivity index (χ0n) is 15.6. The molecule has 1 fully saturated rings. The van der Waals surface area contributed by atoms with Gasteiger partial charge in [0.2, 0.25) is 0 Å². The van der Waals surface area contributed by atoms with Crippen LogP contribution in [0.3, 0.4) is 0 Å². The minimum atomic E-state index is -0.812. The van der Waals surface area contributed by atoms with Crippen molar-refractivity contribution in [3.63, 3.8) is 0 Å². The molecule has 0 heterocycles. The molecule has 0 spiro atoms. The van der Waals surface area contributed by atoms with Crippen molar-refractivity contribution in [3.05, 3.63) is 29.3 Å². The first-order valence-corrected chi connectivity index (χ1v) is 8.96. The molecule has 26 heavy (non-hydrogen) atoms. The van der Waals surface area contributed by atoms with Crippen molar-refractivity contribution in [2.75, 3.05) is 13.2 Å². The van der Waals surface area contributed by atoms with E-state index >= 15 is 0 Å². The highest BCUT2D eigenvalue weighted by atomic mass is 16.6. The second-order valence-electron chi connectivity index (χ2n) is 7.09. The van der Waals surface area contributed by atoms with Gasteiger partial charge in [0.05, 0.1) is 6.07 Å². The van der Waals surface area contributed by atoms with Crippen LogP contribution in [0.4, 0.5) is 0 Å². The molecule has 1 aliphatic carbocycles. The molecule has 0 unspecified atom stereocenters. The summed E-state index contributed by atoms with van der Waals surface area (Å²) in [5.74, 6) is -0.161. The fraction of sp³-hybridized carbons (Fsp3) is 0.550. The minimum Gasteiger partial charge on any atom is -0.482 e. The first-order chi connectivity index (χ1) is 12.3. The van der Waals surface area contributed by atoms with Crippen molar-refractivity contribution >= 4 is 11.9 Å². The highest BCUT2D eigenvalue weighted by molar-refractivity contribution is 5.81. The lowest BCUT2D eigenvalue weighted by atomic mass is 10.00. The zero-order chi connectivity index (χ0) is 19.2. The van der Waals surface area contributed by atoms with Crippen LogP contribution in [0.2, 0.25) is 0 Å². The number of benzene rings is 1. The molecule has 1 saturated carbocycles. The van der Waals surface area contributed by atoms with E-state index < -0.39 is 24.0 Å². The van der Waals surface area contributed by atoms with E-state index in [4.69, 9.17) is 9.47 Å². The SMILES string of the molecule is Cc1ccc(C(C)C)c(OCC(=O)OCC(=O)NC2(C#N)CCCC2)c1. The Morgan fingerprint density at radius 2 is 1.96 bits per heavy atom. The van der Waals surface area contributed by atoms with Gasteiger partial charge in [-0.05, 0) is 55.7 Å². The summed E-state index contributed by atoms with van der Waals surface area (Å²) in [6.07, 6.45) is 3.10. The van der Waals surface area contributed by atoms with Crippen LogP contribution in [-0.4, -0.2) is 30.6 Å². The molecule has 0 aliphatic heterocycles. The lowest BCUT2D eigenvalue weighted by Crippen LogP contribution is -2.46. The predicted molar refractivity (Wildman–Crippen MR) is 96.7 cm³/mol. The number of carbonyl (C=O) groups excluding carboxylic acids is 2. The number of rotatable bonds is 7. The van der Waals surface area contributed by atoms with Crippen LogP contribution in [-0.2, 0) is 14.3 Å². The lowest BCUT2D eigenvalue weighted by molar-refractivity contribution is -0.150. The molecule has 0 atom stereocenters. The Balaban J connectivity index is 1.82. The van der Waals surface area contributed by atoms with Gasteiger partial charge >= 0.3 is 5.97 Å². The summed E-state index contributed by atoms with van der Waals surface area (Å²) in [5, 5.41) is 11.9. The number of hydrogen-bond donors (Lipinski definition) is 1. The van der Waals surface area contributed by atoms with Crippen molar-refractivity contribution in [3.8, 4) is 11.8 Å². The van der Waals surface area contributed by atoms with Crippen molar-refractivity contribution < 1.29 is 19.1 Å². The van der Waals surface area contributed by atoms with Gasteiger partial charge in [0.1, 0.15) is 11.3 Å². The standard InChI is InChI=1S/C20H26N2O4/c1-14(2)16-7-6-15(3)10-17(16)25-12-19(24)26-11-18(23)22-20(13-21)8-4-5-9-20/h6-7,10,14H,4-5,8-9,11-12H2,1-3H3,(H,22,23). The van der Waals surface area contributed by atoms with E-state index in [1.807, 2.05) is 39.0 Å². The third-order valence-corrected chi connectivity index (χ3v) is 4.55. The van der Waals surface area contributed by atoms with E-state index in [0.717, 1.165) is 24.0 Å². The molecule has 2 rings (SSSR count). The molecule has 6 heteroatoms. The number of aryl methyl sites for hydroxylation is 1. The Morgan fingerprint density at radius 1 is 1.27 bits per heavy atom. The average molecular weight is 358 g/mol. The predicted octanol–water partition coefficient (Wildman–Crippen LogP) is 2.99. The molecule has 1 aromatic carbocycles. The third kappa shape index (κ3) is 5.22. The lowest BCUT2D eigenvalue weighted by Gasteiger charge is -2.21. The molecular weight excluding hydrogens is 332 g/mol. The van der Waals surface area contributed by atoms with Gasteiger partial charge < -0.3 is 14.8 Å². The van der Waals surface area contributed by atoms with Crippen LogP contribution >= 0.6 is 0 Å². The highest BCUT2D eigenvalue weighted by Gasteiger charge is 2.35. The summed E-state index contributed by atoms with van der Waals surface area (Å²) < 4.78 is 10.6. The number of nitrogens with one attached hydrogen (secondary N) is 1. The first kappa shape index (κ1) is 19.8. The minimum absolute atomic E-state index is 0.264. The van der Waals surface area contributed by atoms with E-state index in [9.17, 15) is 14.9 Å². The van der Waals surface area contributed by atoms with E-state index in [1.54, 1.807) is 0 Å². The Bertz CT molecular complexity index is 700. The van der Waals surface area contributed by atoms with Crippen molar-refractivity contribution in [1.29, 1.82) is 5.26 Å². The number of amides is 1. The number of esters is 1. The molecule has 1 aromatic rings. The molecule has 0 radical (unpaired) electrons. The number of nitrogens with zero attached hydrogens (tertiary/aromatic N) is 1. The third-order valence-electron chi connectivity index (χ3n) is 4.55. The largest absolute Gasteiger partial charge is 0.482 e. The Hall–Kier alpha value is -2.55. The summed E-state index contributed by atoms with van der Waals surface area (Å²) >= 11 is 0. The fourth-order valence-electron chi connectivity index (χ4n) is 3.11. The normalized spacial score (nSPS) is 15.3. The van der Waals surface area contributed by atoms with Crippen molar-refractivity contribution in [2.45, 2.75) is 57.9 Å².